The van der Waals surface area contributed by atoms with Crippen LogP contribution < -0.4 is 26.4 Å². The Bertz CT molecular complexity index is 2730. The lowest BCUT2D eigenvalue weighted by atomic mass is 9.85. The van der Waals surface area contributed by atoms with Crippen LogP contribution in [0.25, 0.3) is 21.7 Å². The number of likely N-dealkylation sites (tertiary alicyclic amines) is 2. The fourth-order valence-corrected chi connectivity index (χ4v) is 10.6. The van der Waals surface area contributed by atoms with E-state index in [2.05, 4.69) is 35.6 Å². The molecule has 3 aliphatic rings. The highest BCUT2D eigenvalue weighted by Gasteiger charge is 2.45. The molecule has 6 N–H and O–H groups in total. The Morgan fingerprint density at radius 2 is 1.65 bits per heavy atom. The number of nitrogens with two attached hydrogens (primary N) is 1. The van der Waals surface area contributed by atoms with Crippen LogP contribution in [0, 0.1) is 18.3 Å². The second-order valence-corrected chi connectivity index (χ2v) is 22.0. The second-order valence-electron chi connectivity index (χ2n) is 21.1. The zero-order valence-electron chi connectivity index (χ0n) is 44.1. The van der Waals surface area contributed by atoms with Crippen LogP contribution in [0.2, 0.25) is 0 Å². The zero-order valence-corrected chi connectivity index (χ0v) is 44.9. The molecule has 3 aromatic heterocycles. The summed E-state index contributed by atoms with van der Waals surface area (Å²) in [6, 6.07) is 7.15. The number of carbonyl (C=O) groups is 6. The molecule has 3 fully saturated rings. The van der Waals surface area contributed by atoms with Crippen LogP contribution in [0.3, 0.4) is 0 Å². The number of amides is 6. The van der Waals surface area contributed by atoms with E-state index in [-0.39, 0.29) is 81.6 Å². The summed E-state index contributed by atoms with van der Waals surface area (Å²) in [7, 11) is 0. The summed E-state index contributed by atoms with van der Waals surface area (Å²) in [6.07, 6.45) is -1.83. The molecule has 5 atom stereocenters. The molecule has 6 amide bonds. The third-order valence-electron chi connectivity index (χ3n) is 14.0. The Kier molecular flexibility index (Phi) is 20.0. The number of aryl methyl sites for hydroxylation is 2. The molecule has 2 aliphatic heterocycles. The first kappa shape index (κ1) is 59.1. The Hall–Kier alpha value is -6.57. The number of β-amino-alcohol motifs (C(OH)–C–C–N with tert-alkyl or cyclic N) is 1. The van der Waals surface area contributed by atoms with E-state index in [1.54, 1.807) is 50.1 Å². The predicted molar refractivity (Wildman–Crippen MR) is 277 cm³/mol. The van der Waals surface area contributed by atoms with Gasteiger partial charge in [0.2, 0.25) is 35.4 Å². The quantitative estimate of drug-likeness (QED) is 0.0513. The van der Waals surface area contributed by atoms with Crippen LogP contribution in [-0.4, -0.2) is 152 Å². The Labute approximate surface area is 453 Å². The summed E-state index contributed by atoms with van der Waals surface area (Å²) in [6.45, 7) is 7.18. The first-order valence-corrected chi connectivity index (χ1v) is 26.9. The molecule has 2 unspecified atom stereocenters. The number of primary amides is 1. The number of hydrogen-bond donors (Lipinski definition) is 5. The molecule has 0 spiro atoms. The van der Waals surface area contributed by atoms with E-state index in [1.165, 1.54) is 22.1 Å². The van der Waals surface area contributed by atoms with Crippen molar-refractivity contribution in [3.8, 4) is 27.6 Å². The highest BCUT2D eigenvalue weighted by atomic mass is 32.1. The van der Waals surface area contributed by atoms with Crippen molar-refractivity contribution in [2.45, 2.75) is 142 Å². The molecular weight excluding hydrogens is 1040 g/mol. The number of nitrogens with one attached hydrogen (secondary N) is 3. The monoisotopic (exact) mass is 1110 g/mol. The van der Waals surface area contributed by atoms with Crippen LogP contribution in [0.15, 0.2) is 54.6 Å². The number of alkyl halides is 4. The normalized spacial score (nSPS) is 21.2. The highest BCUT2D eigenvalue weighted by molar-refractivity contribution is 7.13. The van der Waals surface area contributed by atoms with E-state index < -0.39 is 91.1 Å². The smallest absolute Gasteiger partial charge is 0.471 e. The van der Waals surface area contributed by atoms with Gasteiger partial charge in [0.15, 0.2) is 6.17 Å². The molecule has 20 nitrogen and oxygen atoms in total. The first-order valence-electron chi connectivity index (χ1n) is 26.1. The molecule has 424 valence electrons. The molecule has 25 heteroatoms. The Morgan fingerprint density at radius 3 is 2.32 bits per heavy atom. The number of nitrogens with zero attached hydrogens (tertiary/aromatic N) is 6. The van der Waals surface area contributed by atoms with Crippen molar-refractivity contribution in [2.24, 2.45) is 17.1 Å². The summed E-state index contributed by atoms with van der Waals surface area (Å²) in [5.74, 6) is -3.48. The van der Waals surface area contributed by atoms with Crippen LogP contribution in [0.5, 0.6) is 5.88 Å². The second kappa shape index (κ2) is 26.4. The summed E-state index contributed by atoms with van der Waals surface area (Å²) in [5, 5.41) is 18.9. The number of halogens is 4. The molecular formula is C53H68F4N10O10S. The van der Waals surface area contributed by atoms with E-state index in [0.29, 0.717) is 50.0 Å². The number of unbranched alkanes of at least 4 members (excludes halogenated alkanes) is 1. The van der Waals surface area contributed by atoms with Gasteiger partial charge < -0.3 is 50.6 Å². The Morgan fingerprint density at radius 1 is 0.923 bits per heavy atom. The van der Waals surface area contributed by atoms with Crippen molar-refractivity contribution in [1.82, 2.24) is 45.3 Å². The van der Waals surface area contributed by atoms with Gasteiger partial charge in [-0.2, -0.15) is 0 Å². The fraction of sp³-hybridized carbons (Fsp3) is 0.566. The number of thiazole rings is 1. The maximum absolute atomic E-state index is 15.4. The highest BCUT2D eigenvalue weighted by Crippen LogP contribution is 2.34. The van der Waals surface area contributed by atoms with Gasteiger partial charge in [-0.1, -0.05) is 45.0 Å². The zero-order chi connectivity index (χ0) is 56.3. The van der Waals surface area contributed by atoms with E-state index in [9.17, 15) is 47.0 Å². The summed E-state index contributed by atoms with van der Waals surface area (Å²) in [4.78, 5) is 95.3. The predicted octanol–water partition coefficient (Wildman–Crippen LogP) is 5.00. The molecule has 2 saturated heterocycles. The average molecular weight is 1110 g/mol. The number of aliphatic hydroxyl groups is 1. The number of rotatable bonds is 22. The SMILES string of the molecule is Cc1ncsc1-c1ccc(CNC(=O)C2C[C@@H](O)CN2C(=O)C(NC(=O)COCC(=O)NCCCCn2cnc(-c3cnc(O[C@@H]4CCN(C(=O)CC5CCC(OC(F)(F)F)CC5)C[C@H]4F)c(C(N)=O)c3)c2)C(C)(C)C)cc1. The van der Waals surface area contributed by atoms with Crippen LogP contribution >= 0.6 is 11.3 Å². The van der Waals surface area contributed by atoms with Crippen molar-refractivity contribution in [1.29, 1.82) is 0 Å². The van der Waals surface area contributed by atoms with Gasteiger partial charge in [-0.15, -0.1) is 24.5 Å². The molecule has 1 aliphatic carbocycles. The number of aliphatic hydroxyl groups excluding tert-OH is 1. The molecule has 7 rings (SSSR count). The van der Waals surface area contributed by atoms with Crippen LogP contribution in [0.1, 0.15) is 100 Å². The number of imidazole rings is 1. The maximum atomic E-state index is 15.4. The number of pyridine rings is 1. The fourth-order valence-electron chi connectivity index (χ4n) is 9.82. The number of hydrogen-bond acceptors (Lipinski definition) is 14. The molecule has 1 saturated carbocycles. The first-order chi connectivity index (χ1) is 37.0. The largest absolute Gasteiger partial charge is 0.522 e. The van der Waals surface area contributed by atoms with Gasteiger partial charge in [-0.25, -0.2) is 19.3 Å². The molecule has 1 aromatic carbocycles. The number of aromatic nitrogens is 4. The third kappa shape index (κ3) is 16.5. The lowest BCUT2D eigenvalue weighted by Gasteiger charge is -2.36. The molecule has 0 radical (unpaired) electrons. The minimum atomic E-state index is -4.71. The number of ether oxygens (including phenoxy) is 3. The van der Waals surface area contributed by atoms with Crippen molar-refractivity contribution in [3.63, 3.8) is 0 Å². The molecule has 5 heterocycles. The minimum absolute atomic E-state index is 0.0371. The van der Waals surface area contributed by atoms with Crippen molar-refractivity contribution < 1.29 is 65.6 Å². The molecule has 4 aromatic rings. The summed E-state index contributed by atoms with van der Waals surface area (Å²) < 4.78 is 70.4. The summed E-state index contributed by atoms with van der Waals surface area (Å²) in [5.41, 5.74) is 10.3. The molecule has 78 heavy (non-hydrogen) atoms. The third-order valence-corrected chi connectivity index (χ3v) is 15.0. The van der Waals surface area contributed by atoms with Gasteiger partial charge in [0.05, 0.1) is 46.9 Å². The van der Waals surface area contributed by atoms with Crippen LogP contribution in [0.4, 0.5) is 17.6 Å². The summed E-state index contributed by atoms with van der Waals surface area (Å²) >= 11 is 1.54. The van der Waals surface area contributed by atoms with E-state index >= 15 is 4.39 Å². The van der Waals surface area contributed by atoms with Gasteiger partial charge in [-0.3, -0.25) is 33.5 Å². The number of carbonyl (C=O) groups excluding carboxylic acids is 6. The lowest BCUT2D eigenvalue weighted by molar-refractivity contribution is -0.345. The van der Waals surface area contributed by atoms with Crippen molar-refractivity contribution >= 4 is 46.8 Å². The van der Waals surface area contributed by atoms with Crippen molar-refractivity contribution in [2.75, 3.05) is 39.4 Å². The van der Waals surface area contributed by atoms with Gasteiger partial charge >= 0.3 is 6.36 Å². The minimum Gasteiger partial charge on any atom is -0.471 e. The van der Waals surface area contributed by atoms with Gasteiger partial charge in [-0.05, 0) is 74.0 Å². The van der Waals surface area contributed by atoms with Gasteiger partial charge in [0.25, 0.3) is 5.91 Å². The van der Waals surface area contributed by atoms with E-state index in [0.717, 1.165) is 21.7 Å². The average Bonchev–Trinajstić information content (AvgIpc) is 4.17. The standard InChI is InChI=1S/C53H68F4N10O10S/c1-31-46(78-30-63-31)34-11-7-33(8-12-34)22-60-49(73)41-21-36(68)24-67(41)51(74)47(52(2,3)4)64-44(70)28-75-27-43(69)59-16-5-6-17-65-26-40(62-29-65)35-20-38(48(58)72)50(61-23-35)76-42-15-18-66(25-39(42)54)45(71)19-32-9-13-37(14-10-32)77-53(55,56)57/h7-8,11-12,20,23,26,29-30,32,36-37,39,41-42,47,68H,5-6,9-10,13-19,21-22,24-25,27-28H2,1-4H3,(H2,58,72)(H,59,69)(H,60,73)(H,64,70)/t32?,36-,37?,39-,41?,42-,47?/m1/s1. The van der Waals surface area contributed by atoms with Gasteiger partial charge in [0, 0.05) is 69.9 Å². The molecule has 0 bridgehead atoms. The number of benzene rings is 1. The van der Waals surface area contributed by atoms with E-state index in [1.807, 2.05) is 35.8 Å². The van der Waals surface area contributed by atoms with E-state index in [4.69, 9.17) is 15.2 Å². The van der Waals surface area contributed by atoms with Gasteiger partial charge in [0.1, 0.15) is 37.0 Å². The van der Waals surface area contributed by atoms with Crippen molar-refractivity contribution in [3.05, 3.63) is 71.4 Å². The maximum Gasteiger partial charge on any atom is 0.522 e. The topological polar surface area (TPSA) is 263 Å². The lowest BCUT2D eigenvalue weighted by Crippen LogP contribution is -2.58. The number of piperidine rings is 1. The Balaban J connectivity index is 0.790. The van der Waals surface area contributed by atoms with Crippen LogP contribution in [-0.2, 0) is 46.5 Å².